The van der Waals surface area contributed by atoms with Gasteiger partial charge < -0.3 is 20.1 Å². The first-order chi connectivity index (χ1) is 12.6. The van der Waals surface area contributed by atoms with Gasteiger partial charge in [0.05, 0.1) is 31.4 Å². The molecule has 0 aliphatic carbocycles. The van der Waals surface area contributed by atoms with E-state index in [0.717, 1.165) is 6.42 Å². The lowest BCUT2D eigenvalue weighted by molar-refractivity contribution is 0.0305. The van der Waals surface area contributed by atoms with Gasteiger partial charge in [0, 0.05) is 13.0 Å². The number of urea groups is 1. The van der Waals surface area contributed by atoms with E-state index in [1.807, 2.05) is 12.1 Å². The van der Waals surface area contributed by atoms with Crippen molar-refractivity contribution in [1.29, 1.82) is 0 Å². The molecule has 138 valence electrons. The Morgan fingerprint density at radius 3 is 2.81 bits per heavy atom. The Bertz CT molecular complexity index is 781. The van der Waals surface area contributed by atoms with E-state index in [0.29, 0.717) is 24.5 Å². The maximum absolute atomic E-state index is 14.1. The third-order valence-electron chi connectivity index (χ3n) is 4.54. The number of fused-ring (bicyclic) bond motifs is 1. The molecule has 2 N–H and O–H groups in total. The molecule has 0 saturated heterocycles. The molecule has 0 aromatic heterocycles. The van der Waals surface area contributed by atoms with E-state index >= 15 is 0 Å². The van der Waals surface area contributed by atoms with Crippen molar-refractivity contribution in [3.63, 3.8) is 0 Å². The molecule has 0 bridgehead atoms. The topological polar surface area (TPSA) is 59.6 Å². The number of carbonyl (C=O) groups is 1. The van der Waals surface area contributed by atoms with Gasteiger partial charge in [0.25, 0.3) is 0 Å². The Kier molecular flexibility index (Phi) is 5.73. The highest BCUT2D eigenvalue weighted by atomic mass is 19.1. The second-order valence-electron chi connectivity index (χ2n) is 6.34. The Morgan fingerprint density at radius 1 is 1.27 bits per heavy atom. The molecule has 0 radical (unpaired) electrons. The molecule has 6 heteroatoms. The molecule has 2 aromatic rings. The SMILES string of the molecule is COc1cccc(F)c1C(C)NC(=O)NC[C@@H]1Cc2ccccc2CO1. The van der Waals surface area contributed by atoms with Crippen LogP contribution in [-0.2, 0) is 17.8 Å². The molecule has 2 aromatic carbocycles. The normalized spacial score (nSPS) is 17.1. The minimum Gasteiger partial charge on any atom is -0.496 e. The van der Waals surface area contributed by atoms with E-state index in [1.165, 1.54) is 24.3 Å². The van der Waals surface area contributed by atoms with E-state index in [1.54, 1.807) is 19.1 Å². The van der Waals surface area contributed by atoms with Crippen molar-refractivity contribution in [2.24, 2.45) is 0 Å². The van der Waals surface area contributed by atoms with E-state index in [4.69, 9.17) is 9.47 Å². The summed E-state index contributed by atoms with van der Waals surface area (Å²) in [6, 6.07) is 11.8. The van der Waals surface area contributed by atoms with Crippen LogP contribution in [0.5, 0.6) is 5.75 Å². The minimum absolute atomic E-state index is 0.0750. The van der Waals surface area contributed by atoms with Crippen LogP contribution in [0.15, 0.2) is 42.5 Å². The van der Waals surface area contributed by atoms with Crippen LogP contribution in [0.2, 0.25) is 0 Å². The summed E-state index contributed by atoms with van der Waals surface area (Å²) in [4.78, 5) is 12.2. The lowest BCUT2D eigenvalue weighted by Crippen LogP contribution is -2.42. The van der Waals surface area contributed by atoms with Crippen molar-refractivity contribution in [3.8, 4) is 5.75 Å². The summed E-state index contributed by atoms with van der Waals surface area (Å²) in [5.74, 6) is -0.00519. The van der Waals surface area contributed by atoms with Gasteiger partial charge in [0.2, 0.25) is 0 Å². The molecule has 3 rings (SSSR count). The monoisotopic (exact) mass is 358 g/mol. The van der Waals surface area contributed by atoms with Gasteiger partial charge in [-0.1, -0.05) is 30.3 Å². The number of hydrogen-bond acceptors (Lipinski definition) is 3. The smallest absolute Gasteiger partial charge is 0.315 e. The van der Waals surface area contributed by atoms with Crippen molar-refractivity contribution in [3.05, 3.63) is 65.0 Å². The predicted octanol–water partition coefficient (Wildman–Crippen LogP) is 3.34. The zero-order valence-electron chi connectivity index (χ0n) is 14.9. The molecule has 0 saturated carbocycles. The number of ether oxygens (including phenoxy) is 2. The molecule has 1 heterocycles. The van der Waals surface area contributed by atoms with E-state index in [2.05, 4.69) is 22.8 Å². The zero-order valence-corrected chi connectivity index (χ0v) is 14.9. The number of amides is 2. The molecular weight excluding hydrogens is 335 g/mol. The molecule has 1 unspecified atom stereocenters. The first-order valence-corrected chi connectivity index (χ1v) is 8.63. The van der Waals surface area contributed by atoms with Gasteiger partial charge >= 0.3 is 6.03 Å². The predicted molar refractivity (Wildman–Crippen MR) is 96.6 cm³/mol. The van der Waals surface area contributed by atoms with Gasteiger partial charge in [-0.3, -0.25) is 0 Å². The summed E-state index contributed by atoms with van der Waals surface area (Å²) in [5, 5.41) is 5.55. The quantitative estimate of drug-likeness (QED) is 0.862. The van der Waals surface area contributed by atoms with Crippen molar-refractivity contribution in [2.75, 3.05) is 13.7 Å². The maximum atomic E-state index is 14.1. The minimum atomic E-state index is -0.529. The fourth-order valence-electron chi connectivity index (χ4n) is 3.18. The van der Waals surface area contributed by atoms with Crippen LogP contribution in [0.3, 0.4) is 0 Å². The summed E-state index contributed by atoms with van der Waals surface area (Å²) >= 11 is 0. The molecule has 2 amide bonds. The van der Waals surface area contributed by atoms with Crippen LogP contribution < -0.4 is 15.4 Å². The van der Waals surface area contributed by atoms with Crippen molar-refractivity contribution in [1.82, 2.24) is 10.6 Å². The highest BCUT2D eigenvalue weighted by Crippen LogP contribution is 2.27. The maximum Gasteiger partial charge on any atom is 0.315 e. The summed E-state index contributed by atoms with van der Waals surface area (Å²) in [6.07, 6.45) is 0.682. The van der Waals surface area contributed by atoms with Gasteiger partial charge in [-0.25, -0.2) is 9.18 Å². The fourth-order valence-corrected chi connectivity index (χ4v) is 3.18. The average molecular weight is 358 g/mol. The molecule has 2 atom stereocenters. The molecular formula is C20H23FN2O3. The van der Waals surface area contributed by atoms with E-state index < -0.39 is 11.9 Å². The number of hydrogen-bond donors (Lipinski definition) is 2. The van der Waals surface area contributed by atoms with Crippen LogP contribution in [-0.4, -0.2) is 25.8 Å². The van der Waals surface area contributed by atoms with E-state index in [9.17, 15) is 9.18 Å². The summed E-state index contributed by atoms with van der Waals surface area (Å²) in [5.41, 5.74) is 2.76. The highest BCUT2D eigenvalue weighted by Gasteiger charge is 2.21. The first kappa shape index (κ1) is 18.2. The molecule has 5 nitrogen and oxygen atoms in total. The standard InChI is InChI=1S/C20H23FN2O3/c1-13(19-17(21)8-5-9-18(19)25-2)23-20(24)22-11-16-10-14-6-3-4-7-15(14)12-26-16/h3-9,13,16H,10-12H2,1-2H3,(H2,22,23,24)/t13?,16-/m0/s1. The molecule has 1 aliphatic rings. The van der Waals surface area contributed by atoms with E-state index in [-0.39, 0.29) is 12.1 Å². The van der Waals surface area contributed by atoms with Gasteiger partial charge in [-0.2, -0.15) is 0 Å². The Labute approximate surface area is 152 Å². The largest absolute Gasteiger partial charge is 0.496 e. The van der Waals surface area contributed by atoms with Crippen molar-refractivity contribution in [2.45, 2.75) is 32.1 Å². The lowest BCUT2D eigenvalue weighted by Gasteiger charge is -2.26. The number of rotatable bonds is 5. The van der Waals surface area contributed by atoms with Crippen LogP contribution in [0.25, 0.3) is 0 Å². The van der Waals surface area contributed by atoms with Crippen LogP contribution in [0.1, 0.15) is 29.7 Å². The fraction of sp³-hybridized carbons (Fsp3) is 0.350. The number of nitrogens with one attached hydrogen (secondary N) is 2. The summed E-state index contributed by atoms with van der Waals surface area (Å²) in [6.45, 7) is 2.65. The van der Waals surface area contributed by atoms with Gasteiger partial charge in [-0.15, -0.1) is 0 Å². The summed E-state index contributed by atoms with van der Waals surface area (Å²) < 4.78 is 25.0. The second kappa shape index (κ2) is 8.19. The van der Waals surface area contributed by atoms with Crippen LogP contribution in [0, 0.1) is 5.82 Å². The highest BCUT2D eigenvalue weighted by molar-refractivity contribution is 5.74. The molecule has 26 heavy (non-hydrogen) atoms. The number of methoxy groups -OCH3 is 1. The third kappa shape index (κ3) is 4.14. The molecule has 0 spiro atoms. The summed E-state index contributed by atoms with van der Waals surface area (Å²) in [7, 11) is 1.48. The Hall–Kier alpha value is -2.60. The van der Waals surface area contributed by atoms with Crippen LogP contribution >= 0.6 is 0 Å². The first-order valence-electron chi connectivity index (χ1n) is 8.63. The van der Waals surface area contributed by atoms with Gasteiger partial charge in [-0.05, 0) is 30.2 Å². The van der Waals surface area contributed by atoms with Gasteiger partial charge in [0.15, 0.2) is 0 Å². The van der Waals surface area contributed by atoms with Crippen molar-refractivity contribution >= 4 is 6.03 Å². The Balaban J connectivity index is 1.54. The molecule has 0 fully saturated rings. The molecule has 1 aliphatic heterocycles. The van der Waals surface area contributed by atoms with Crippen LogP contribution in [0.4, 0.5) is 9.18 Å². The average Bonchev–Trinajstić information content (AvgIpc) is 2.65. The second-order valence-corrected chi connectivity index (χ2v) is 6.34. The lowest BCUT2D eigenvalue weighted by atomic mass is 9.99. The number of halogens is 1. The zero-order chi connectivity index (χ0) is 18.5. The Morgan fingerprint density at radius 2 is 2.04 bits per heavy atom. The number of carbonyl (C=O) groups excluding carboxylic acids is 1. The number of benzene rings is 2. The third-order valence-corrected chi connectivity index (χ3v) is 4.54. The van der Waals surface area contributed by atoms with Crippen molar-refractivity contribution < 1.29 is 18.7 Å². The van der Waals surface area contributed by atoms with Gasteiger partial charge in [0.1, 0.15) is 11.6 Å².